The summed E-state index contributed by atoms with van der Waals surface area (Å²) in [5, 5.41) is 1.62. The van der Waals surface area contributed by atoms with Crippen molar-refractivity contribution in [1.82, 2.24) is 19.9 Å². The Hall–Kier alpha value is -2.32. The Morgan fingerprint density at radius 2 is 1.18 bits per heavy atom. The maximum atomic E-state index is 5.76. The highest BCUT2D eigenvalue weighted by Crippen LogP contribution is 2.36. The summed E-state index contributed by atoms with van der Waals surface area (Å²) in [5.74, 6) is 0. The van der Waals surface area contributed by atoms with E-state index in [1.165, 1.54) is 21.6 Å². The molecule has 0 atom stereocenters. The molecule has 6 N–H and O–H groups in total. The van der Waals surface area contributed by atoms with Crippen molar-refractivity contribution in [3.8, 4) is 0 Å². The van der Waals surface area contributed by atoms with Crippen molar-refractivity contribution >= 4 is 55.0 Å². The predicted molar refractivity (Wildman–Crippen MR) is 92.7 cm³/mol. The minimum atomic E-state index is 0.707. The third-order valence-electron chi connectivity index (χ3n) is 3.17. The second kappa shape index (κ2) is 5.15. The van der Waals surface area contributed by atoms with Gasteiger partial charge >= 0.3 is 0 Å². The van der Waals surface area contributed by atoms with Gasteiger partial charge < -0.3 is 21.4 Å². The smallest absolute Gasteiger partial charge is 0.177 e. The number of imidazole rings is 2. The number of nitrogen functional groups attached to an aromatic ring is 2. The van der Waals surface area contributed by atoms with E-state index in [0.29, 0.717) is 11.4 Å². The van der Waals surface area contributed by atoms with Crippen molar-refractivity contribution in [2.75, 3.05) is 11.5 Å². The molecule has 22 heavy (non-hydrogen) atoms. The quantitative estimate of drug-likeness (QED) is 0.339. The largest absolute Gasteiger partial charge is 0.399 e. The van der Waals surface area contributed by atoms with Crippen LogP contribution in [0.4, 0.5) is 11.4 Å². The summed E-state index contributed by atoms with van der Waals surface area (Å²) in [6, 6.07) is 11.3. The van der Waals surface area contributed by atoms with Gasteiger partial charge in [-0.2, -0.15) is 0 Å². The molecule has 0 radical (unpaired) electrons. The molecular weight excluding hydrogens is 316 g/mol. The maximum absolute atomic E-state index is 5.76. The Kier molecular flexibility index (Phi) is 3.12. The number of aromatic amines is 2. The van der Waals surface area contributed by atoms with Crippen LogP contribution in [-0.2, 0) is 0 Å². The maximum Gasteiger partial charge on any atom is 0.177 e. The normalized spacial score (nSPS) is 11.5. The highest BCUT2D eigenvalue weighted by Gasteiger charge is 2.08. The van der Waals surface area contributed by atoms with Crippen molar-refractivity contribution in [1.29, 1.82) is 0 Å². The molecule has 0 spiro atoms. The van der Waals surface area contributed by atoms with Gasteiger partial charge in [0.05, 0.1) is 22.1 Å². The van der Waals surface area contributed by atoms with Crippen LogP contribution in [0, 0.1) is 0 Å². The Morgan fingerprint density at radius 1 is 0.727 bits per heavy atom. The molecule has 6 nitrogen and oxygen atoms in total. The number of nitrogens with zero attached hydrogens (tertiary/aromatic N) is 2. The third-order valence-corrected chi connectivity index (χ3v) is 5.15. The van der Waals surface area contributed by atoms with Crippen LogP contribution in [0.5, 0.6) is 0 Å². The van der Waals surface area contributed by atoms with E-state index in [-0.39, 0.29) is 0 Å². The fraction of sp³-hybridized carbons (Fsp3) is 0. The first kappa shape index (κ1) is 13.4. The van der Waals surface area contributed by atoms with E-state index >= 15 is 0 Å². The summed E-state index contributed by atoms with van der Waals surface area (Å²) < 4.78 is 0. The second-order valence-corrected chi connectivity index (χ2v) is 6.91. The molecular formula is C14H12N6S2. The van der Waals surface area contributed by atoms with Gasteiger partial charge in [-0.25, -0.2) is 9.97 Å². The highest BCUT2D eigenvalue weighted by molar-refractivity contribution is 8.76. The molecule has 0 unspecified atom stereocenters. The van der Waals surface area contributed by atoms with E-state index < -0.39 is 0 Å². The van der Waals surface area contributed by atoms with E-state index in [4.69, 9.17) is 11.5 Å². The Morgan fingerprint density at radius 3 is 1.64 bits per heavy atom. The van der Waals surface area contributed by atoms with Crippen molar-refractivity contribution in [2.45, 2.75) is 10.3 Å². The molecule has 2 aromatic heterocycles. The van der Waals surface area contributed by atoms with Crippen LogP contribution in [0.3, 0.4) is 0 Å². The molecule has 0 amide bonds. The summed E-state index contributed by atoms with van der Waals surface area (Å²) in [4.78, 5) is 15.5. The number of hydrogen-bond acceptors (Lipinski definition) is 6. The molecule has 0 aliphatic heterocycles. The number of benzene rings is 2. The lowest BCUT2D eigenvalue weighted by molar-refractivity contribution is 1.08. The lowest BCUT2D eigenvalue weighted by Gasteiger charge is -1.91. The van der Waals surface area contributed by atoms with Gasteiger partial charge in [0.25, 0.3) is 0 Å². The number of H-pyrrole nitrogens is 2. The molecule has 0 aliphatic rings. The highest BCUT2D eigenvalue weighted by atomic mass is 33.1. The first-order chi connectivity index (χ1) is 10.7. The van der Waals surface area contributed by atoms with E-state index in [9.17, 15) is 0 Å². The summed E-state index contributed by atoms with van der Waals surface area (Å²) >= 11 is 0. The van der Waals surface area contributed by atoms with Crippen LogP contribution in [0.1, 0.15) is 0 Å². The minimum Gasteiger partial charge on any atom is -0.399 e. The average molecular weight is 328 g/mol. The number of nitrogens with two attached hydrogens (primary N) is 2. The van der Waals surface area contributed by atoms with E-state index in [0.717, 1.165) is 32.4 Å². The van der Waals surface area contributed by atoms with Gasteiger partial charge in [0, 0.05) is 11.4 Å². The van der Waals surface area contributed by atoms with Crippen molar-refractivity contribution in [3.63, 3.8) is 0 Å². The molecule has 4 aromatic rings. The summed E-state index contributed by atoms with van der Waals surface area (Å²) in [6.45, 7) is 0. The van der Waals surface area contributed by atoms with Gasteiger partial charge in [-0.1, -0.05) is 0 Å². The van der Waals surface area contributed by atoms with E-state index in [1.807, 2.05) is 36.4 Å². The van der Waals surface area contributed by atoms with Crippen LogP contribution in [0.15, 0.2) is 46.7 Å². The van der Waals surface area contributed by atoms with Crippen LogP contribution in [0.25, 0.3) is 22.1 Å². The average Bonchev–Trinajstić information content (AvgIpc) is 3.07. The molecule has 0 aliphatic carbocycles. The molecule has 0 fully saturated rings. The molecule has 0 saturated heterocycles. The van der Waals surface area contributed by atoms with Gasteiger partial charge in [-0.05, 0) is 58.0 Å². The Balaban J connectivity index is 1.56. The van der Waals surface area contributed by atoms with Crippen molar-refractivity contribution in [2.24, 2.45) is 0 Å². The van der Waals surface area contributed by atoms with Crippen LogP contribution >= 0.6 is 21.6 Å². The van der Waals surface area contributed by atoms with Gasteiger partial charge in [0.1, 0.15) is 0 Å². The zero-order valence-corrected chi connectivity index (χ0v) is 13.0. The van der Waals surface area contributed by atoms with Crippen LogP contribution in [0.2, 0.25) is 0 Å². The first-order valence-electron chi connectivity index (χ1n) is 6.52. The lowest BCUT2D eigenvalue weighted by Crippen LogP contribution is -1.82. The number of nitrogens with one attached hydrogen (secondary N) is 2. The molecule has 8 heteroatoms. The lowest BCUT2D eigenvalue weighted by atomic mass is 10.3. The Bertz CT molecular complexity index is 894. The molecule has 0 bridgehead atoms. The molecule has 2 heterocycles. The third kappa shape index (κ3) is 2.46. The zero-order chi connectivity index (χ0) is 15.1. The topological polar surface area (TPSA) is 109 Å². The molecule has 2 aromatic carbocycles. The number of fused-ring (bicyclic) bond motifs is 2. The number of rotatable bonds is 3. The van der Waals surface area contributed by atoms with Crippen molar-refractivity contribution in [3.05, 3.63) is 36.4 Å². The predicted octanol–water partition coefficient (Wildman–Crippen LogP) is 3.40. The summed E-state index contributed by atoms with van der Waals surface area (Å²) in [6.07, 6.45) is 0. The zero-order valence-electron chi connectivity index (χ0n) is 11.3. The van der Waals surface area contributed by atoms with Gasteiger partial charge in [-0.3, -0.25) is 0 Å². The Labute approximate surface area is 133 Å². The number of anilines is 2. The summed E-state index contributed by atoms with van der Waals surface area (Å²) in [5.41, 5.74) is 16.6. The van der Waals surface area contributed by atoms with E-state index in [2.05, 4.69) is 19.9 Å². The number of aromatic nitrogens is 4. The standard InChI is InChI=1S/C14H12N6S2/c15-7-1-3-9-11(5-7)19-13(17-9)21-22-14-18-10-4-2-8(16)6-12(10)20-14/h1-6H,15-16H2,(H,17,19)(H,18,20). The molecule has 4 rings (SSSR count). The summed E-state index contributed by atoms with van der Waals surface area (Å²) in [7, 11) is 3.02. The fourth-order valence-corrected chi connectivity index (χ4v) is 3.84. The second-order valence-electron chi connectivity index (χ2n) is 4.80. The minimum absolute atomic E-state index is 0.707. The first-order valence-corrected chi connectivity index (χ1v) is 8.67. The van der Waals surface area contributed by atoms with Crippen LogP contribution < -0.4 is 11.5 Å². The van der Waals surface area contributed by atoms with Gasteiger partial charge in [-0.15, -0.1) is 0 Å². The molecule has 110 valence electrons. The monoisotopic (exact) mass is 328 g/mol. The van der Waals surface area contributed by atoms with E-state index in [1.54, 1.807) is 0 Å². The fourth-order valence-electron chi connectivity index (χ4n) is 2.16. The molecule has 0 saturated carbocycles. The SMILES string of the molecule is Nc1ccc2[nH]c(SSc3nc4cc(N)ccc4[nH]3)nc2c1. The van der Waals surface area contributed by atoms with Crippen molar-refractivity contribution < 1.29 is 0 Å². The number of hydrogen-bond donors (Lipinski definition) is 4. The van der Waals surface area contributed by atoms with Gasteiger partial charge in [0.15, 0.2) is 10.3 Å². The van der Waals surface area contributed by atoms with Gasteiger partial charge in [0.2, 0.25) is 0 Å². The van der Waals surface area contributed by atoms with Crippen LogP contribution in [-0.4, -0.2) is 19.9 Å².